The largest absolute Gasteiger partial charge is 0.481 e. The summed E-state index contributed by atoms with van der Waals surface area (Å²) in [6.07, 6.45) is -0.188. The van der Waals surface area contributed by atoms with Crippen LogP contribution in [0.1, 0.15) is 57.7 Å². The van der Waals surface area contributed by atoms with Crippen molar-refractivity contribution in [1.29, 1.82) is 0 Å². The van der Waals surface area contributed by atoms with Crippen LogP contribution < -0.4 is 15.4 Å². The number of hydrogen-bond donors (Lipinski definition) is 6. The van der Waals surface area contributed by atoms with Gasteiger partial charge in [-0.3, -0.25) is 33.5 Å². The van der Waals surface area contributed by atoms with Crippen LogP contribution in [0.5, 0.6) is 0 Å². The Hall–Kier alpha value is -4.04. The van der Waals surface area contributed by atoms with Gasteiger partial charge in [-0.2, -0.15) is 5.21 Å². The summed E-state index contributed by atoms with van der Waals surface area (Å²) in [5.41, 5.74) is 0. The molecule has 2 atom stereocenters. The highest BCUT2D eigenvalue weighted by atomic mass is 32.2. The monoisotopic (exact) mass is 649 g/mol. The van der Waals surface area contributed by atoms with Crippen molar-refractivity contribution in [3.05, 3.63) is 5.82 Å². The van der Waals surface area contributed by atoms with Crippen molar-refractivity contribution in [2.75, 3.05) is 38.7 Å². The highest BCUT2D eigenvalue weighted by molar-refractivity contribution is 7.90. The zero-order valence-electron chi connectivity index (χ0n) is 24.3. The van der Waals surface area contributed by atoms with E-state index in [-0.39, 0.29) is 71.5 Å². The average molecular weight is 650 g/mol. The van der Waals surface area contributed by atoms with Gasteiger partial charge in [0.15, 0.2) is 11.6 Å². The quantitative estimate of drug-likeness (QED) is 0.0620. The van der Waals surface area contributed by atoms with Crippen molar-refractivity contribution in [2.45, 2.75) is 64.3 Å². The zero-order chi connectivity index (χ0) is 33.0. The van der Waals surface area contributed by atoms with Gasteiger partial charge in [0.2, 0.25) is 27.7 Å². The van der Waals surface area contributed by atoms with Gasteiger partial charge >= 0.3 is 11.9 Å². The van der Waals surface area contributed by atoms with Crippen LogP contribution in [0, 0.1) is 5.92 Å². The van der Waals surface area contributed by atoms with Crippen LogP contribution in [-0.2, 0) is 54.7 Å². The number of aromatic amines is 1. The maximum atomic E-state index is 12.0. The molecule has 1 heterocycles. The van der Waals surface area contributed by atoms with E-state index in [1.165, 1.54) is 6.92 Å². The van der Waals surface area contributed by atoms with E-state index in [4.69, 9.17) is 14.6 Å². The molecule has 1 rings (SSSR count). The number of carbonyl (C=O) groups is 6. The lowest BCUT2D eigenvalue weighted by molar-refractivity contribution is -0.145. The molecule has 1 aromatic heterocycles. The normalized spacial score (nSPS) is 12.6. The molecular formula is C24H39N7O12S. The molecular weight excluding hydrogens is 610 g/mol. The molecule has 2 unspecified atom stereocenters. The average Bonchev–Trinajstić information content (AvgIpc) is 3.45. The third-order valence-corrected chi connectivity index (χ3v) is 7.14. The number of nitrogens with zero attached hydrogens (tertiary/aromatic N) is 3. The van der Waals surface area contributed by atoms with Crippen LogP contribution in [0.15, 0.2) is 0 Å². The minimum atomic E-state index is -3.88. The highest BCUT2D eigenvalue weighted by Crippen LogP contribution is 2.13. The first-order chi connectivity index (χ1) is 20.8. The molecule has 0 bridgehead atoms. The molecule has 0 radical (unpaired) electrons. The Morgan fingerprint density at radius 3 is 2.27 bits per heavy atom. The number of carboxylic acid groups (broad SMARTS) is 2. The fourth-order valence-electron chi connectivity index (χ4n) is 3.48. The van der Waals surface area contributed by atoms with Crippen LogP contribution in [0.25, 0.3) is 0 Å². The third kappa shape index (κ3) is 18.5. The molecule has 0 aliphatic rings. The first kappa shape index (κ1) is 38.0. The first-order valence-corrected chi connectivity index (χ1v) is 15.4. The zero-order valence-corrected chi connectivity index (χ0v) is 25.1. The van der Waals surface area contributed by atoms with Crippen molar-refractivity contribution in [3.63, 3.8) is 0 Å². The molecule has 0 saturated carbocycles. The molecule has 248 valence electrons. The van der Waals surface area contributed by atoms with Gasteiger partial charge in [-0.1, -0.05) is 5.21 Å². The SMILES string of the molecule is CC(NC(=O)CCC(CC(=O)COCCOCCNC(=O)CCCS(=O)(=O)NC(=O)CCCc1nn[nH]n1)C(=O)O)C(=O)O. The topological polar surface area (TPSA) is 286 Å². The summed E-state index contributed by atoms with van der Waals surface area (Å²) < 4.78 is 36.4. The summed E-state index contributed by atoms with van der Waals surface area (Å²) in [4.78, 5) is 69.6. The van der Waals surface area contributed by atoms with E-state index >= 15 is 0 Å². The van der Waals surface area contributed by atoms with Gasteiger partial charge < -0.3 is 30.3 Å². The Morgan fingerprint density at radius 2 is 1.61 bits per heavy atom. The van der Waals surface area contributed by atoms with E-state index in [1.54, 1.807) is 0 Å². The van der Waals surface area contributed by atoms with Gasteiger partial charge in [0.25, 0.3) is 0 Å². The number of nitrogens with one attached hydrogen (secondary N) is 4. The van der Waals surface area contributed by atoms with Gasteiger partial charge in [-0.15, -0.1) is 10.2 Å². The standard InChI is InChI=1S/C24H39N7O12S/c1-16(23(36)37)26-21(34)8-7-17(24(38)39)14-18(32)15-43-12-11-42-10-9-25-20(33)6-3-13-44(40,41)29-22(35)5-2-4-19-27-30-31-28-19/h16-17H,2-15H2,1H3,(H,25,33)(H,26,34)(H,29,35)(H,36,37)(H,38,39)(H,27,28,30,31). The molecule has 20 heteroatoms. The molecule has 44 heavy (non-hydrogen) atoms. The fraction of sp³-hybridized carbons (Fsp3) is 0.708. The molecule has 19 nitrogen and oxygen atoms in total. The molecule has 0 spiro atoms. The number of H-pyrrole nitrogens is 1. The molecule has 1 aromatic rings. The molecule has 0 aliphatic heterocycles. The maximum absolute atomic E-state index is 12.0. The molecule has 0 fully saturated rings. The van der Waals surface area contributed by atoms with Crippen molar-refractivity contribution in [3.8, 4) is 0 Å². The third-order valence-electron chi connectivity index (χ3n) is 5.77. The van der Waals surface area contributed by atoms with Gasteiger partial charge in [0.1, 0.15) is 12.6 Å². The minimum Gasteiger partial charge on any atom is -0.481 e. The number of hydrogen-bond acceptors (Lipinski definition) is 13. The van der Waals surface area contributed by atoms with Gasteiger partial charge in [-0.25, -0.2) is 8.42 Å². The number of ketones is 1. The van der Waals surface area contributed by atoms with Crippen molar-refractivity contribution >= 4 is 45.5 Å². The van der Waals surface area contributed by atoms with E-state index in [0.717, 1.165) is 0 Å². The second-order valence-corrected chi connectivity index (χ2v) is 11.4. The van der Waals surface area contributed by atoms with Crippen LogP contribution in [0.3, 0.4) is 0 Å². The summed E-state index contributed by atoms with van der Waals surface area (Å²) in [7, 11) is -3.88. The predicted octanol–water partition coefficient (Wildman–Crippen LogP) is -2.07. The van der Waals surface area contributed by atoms with Crippen molar-refractivity contribution in [2.24, 2.45) is 5.92 Å². The first-order valence-electron chi connectivity index (χ1n) is 13.7. The predicted molar refractivity (Wildman–Crippen MR) is 148 cm³/mol. The van der Waals surface area contributed by atoms with E-state index in [2.05, 4.69) is 31.3 Å². The number of Topliss-reactive ketones (excluding diaryl/α,β-unsaturated/α-hetero) is 1. The van der Waals surface area contributed by atoms with Crippen molar-refractivity contribution < 1.29 is 56.9 Å². The summed E-state index contributed by atoms with van der Waals surface area (Å²) in [6.45, 7) is 1.26. The number of aryl methyl sites for hydroxylation is 1. The molecule has 0 saturated heterocycles. The van der Waals surface area contributed by atoms with Gasteiger partial charge in [0, 0.05) is 38.6 Å². The summed E-state index contributed by atoms with van der Waals surface area (Å²) in [6, 6.07) is -1.12. The Morgan fingerprint density at radius 1 is 0.909 bits per heavy atom. The van der Waals surface area contributed by atoms with E-state index < -0.39 is 63.2 Å². The highest BCUT2D eigenvalue weighted by Gasteiger charge is 2.23. The number of amides is 3. The summed E-state index contributed by atoms with van der Waals surface area (Å²) >= 11 is 0. The summed E-state index contributed by atoms with van der Waals surface area (Å²) in [5.74, 6) is -5.82. The minimum absolute atomic E-state index is 0.000107. The second kappa shape index (κ2) is 20.8. The number of rotatable bonds is 25. The van der Waals surface area contributed by atoms with E-state index in [9.17, 15) is 42.3 Å². The molecule has 6 N–H and O–H groups in total. The van der Waals surface area contributed by atoms with E-state index in [0.29, 0.717) is 18.7 Å². The number of carboxylic acids is 2. The summed E-state index contributed by atoms with van der Waals surface area (Å²) in [5, 5.41) is 35.9. The van der Waals surface area contributed by atoms with E-state index in [1.807, 2.05) is 4.72 Å². The Bertz CT molecular complexity index is 1190. The van der Waals surface area contributed by atoms with Crippen LogP contribution in [0.2, 0.25) is 0 Å². The fourth-order valence-corrected chi connectivity index (χ4v) is 4.55. The Balaban J connectivity index is 2.08. The number of tetrazole rings is 1. The Kier molecular flexibility index (Phi) is 18.0. The van der Waals surface area contributed by atoms with Crippen LogP contribution in [0.4, 0.5) is 0 Å². The molecule has 0 aromatic carbocycles. The molecule has 0 aliphatic carbocycles. The Labute approximate surface area is 253 Å². The number of ether oxygens (including phenoxy) is 2. The lowest BCUT2D eigenvalue weighted by Crippen LogP contribution is -2.38. The van der Waals surface area contributed by atoms with Crippen LogP contribution >= 0.6 is 0 Å². The van der Waals surface area contributed by atoms with Gasteiger partial charge in [0.05, 0.1) is 31.5 Å². The lowest BCUT2D eigenvalue weighted by Gasteiger charge is -2.13. The lowest BCUT2D eigenvalue weighted by atomic mass is 9.97. The van der Waals surface area contributed by atoms with Gasteiger partial charge in [-0.05, 0) is 26.2 Å². The number of aromatic nitrogens is 4. The number of aliphatic carboxylic acids is 2. The maximum Gasteiger partial charge on any atom is 0.325 e. The van der Waals surface area contributed by atoms with Crippen LogP contribution in [-0.4, -0.2) is 119 Å². The smallest absolute Gasteiger partial charge is 0.325 e. The van der Waals surface area contributed by atoms with Crippen molar-refractivity contribution in [1.82, 2.24) is 36.0 Å². The number of sulfonamides is 1. The second-order valence-electron chi connectivity index (χ2n) is 9.59. The number of carbonyl (C=O) groups excluding carboxylic acids is 4. The molecule has 3 amide bonds.